The second kappa shape index (κ2) is 8.13. The van der Waals surface area contributed by atoms with Gasteiger partial charge in [0.2, 0.25) is 0 Å². The first kappa shape index (κ1) is 14.9. The minimum Gasteiger partial charge on any atom is -0.463 e. The second-order valence-corrected chi connectivity index (χ2v) is 3.78. The number of hydrogen-bond acceptors (Lipinski definition) is 4. The van der Waals surface area contributed by atoms with Crippen LogP contribution >= 0.6 is 24.8 Å². The molecule has 0 fully saturated rings. The lowest BCUT2D eigenvalue weighted by atomic mass is 10.4. The molecule has 0 aliphatic rings. The maximum absolute atomic E-state index is 10.4. The minimum absolute atomic E-state index is 0.312. The van der Waals surface area contributed by atoms with Crippen LogP contribution in [0.25, 0.3) is 0 Å². The summed E-state index contributed by atoms with van der Waals surface area (Å²) in [5, 5.41) is 0. The van der Waals surface area contributed by atoms with Gasteiger partial charge in [-0.15, -0.1) is 12.6 Å². The fourth-order valence-corrected chi connectivity index (χ4v) is 0.954. The largest absolute Gasteiger partial charge is 0.463 e. The molecule has 0 unspecified atom stereocenters. The molecule has 0 radical (unpaired) electrons. The molecule has 1 aromatic heterocycles. The predicted octanol–water partition coefficient (Wildman–Crippen LogP) is 3.16. The van der Waals surface area contributed by atoms with E-state index in [1.807, 2.05) is 12.1 Å². The summed E-state index contributed by atoms with van der Waals surface area (Å²) in [4.78, 5) is 14.1. The molecule has 1 rings (SSSR count). The van der Waals surface area contributed by atoms with E-state index in [-0.39, 0.29) is 5.97 Å². The SMILES string of the molecule is C=C(C)C(=O)OCC.S=c1[nH]cccc1S. The normalized spacial score (nSPS) is 8.69. The van der Waals surface area contributed by atoms with E-state index >= 15 is 0 Å². The number of pyridine rings is 1. The fourth-order valence-electron chi connectivity index (χ4n) is 0.667. The molecule has 0 aliphatic carbocycles. The van der Waals surface area contributed by atoms with Crippen molar-refractivity contribution in [2.45, 2.75) is 18.7 Å². The quantitative estimate of drug-likeness (QED) is 0.370. The van der Waals surface area contributed by atoms with E-state index in [0.29, 0.717) is 16.8 Å². The Morgan fingerprint density at radius 1 is 1.69 bits per heavy atom. The highest BCUT2D eigenvalue weighted by Crippen LogP contribution is 2.02. The van der Waals surface area contributed by atoms with E-state index in [0.717, 1.165) is 4.90 Å². The summed E-state index contributed by atoms with van der Waals surface area (Å²) in [5.41, 5.74) is 0.451. The first-order chi connectivity index (χ1) is 7.49. The van der Waals surface area contributed by atoms with Gasteiger partial charge in [0.1, 0.15) is 4.64 Å². The Labute approximate surface area is 106 Å². The molecule has 5 heteroatoms. The zero-order valence-electron chi connectivity index (χ0n) is 9.32. The molecule has 0 saturated heterocycles. The number of carbonyl (C=O) groups excluding carboxylic acids is 1. The van der Waals surface area contributed by atoms with Crippen LogP contribution in [0.15, 0.2) is 35.4 Å². The van der Waals surface area contributed by atoms with Crippen molar-refractivity contribution >= 4 is 30.8 Å². The van der Waals surface area contributed by atoms with Gasteiger partial charge in [-0.25, -0.2) is 4.79 Å². The number of H-pyrrole nitrogens is 1. The van der Waals surface area contributed by atoms with E-state index in [9.17, 15) is 4.79 Å². The van der Waals surface area contributed by atoms with E-state index in [1.54, 1.807) is 20.0 Å². The number of carbonyl (C=O) groups is 1. The van der Waals surface area contributed by atoms with Gasteiger partial charge in [-0.05, 0) is 26.0 Å². The lowest BCUT2D eigenvalue weighted by molar-refractivity contribution is -0.138. The Bertz CT molecular complexity index is 412. The van der Waals surface area contributed by atoms with Gasteiger partial charge < -0.3 is 9.72 Å². The van der Waals surface area contributed by atoms with Gasteiger partial charge >= 0.3 is 5.97 Å². The monoisotopic (exact) mass is 257 g/mol. The molecule has 0 atom stereocenters. The van der Waals surface area contributed by atoms with Crippen LogP contribution in [-0.2, 0) is 9.53 Å². The number of esters is 1. The van der Waals surface area contributed by atoms with Crippen LogP contribution in [-0.4, -0.2) is 17.6 Å². The Balaban J connectivity index is 0.000000281. The Kier molecular flexibility index (Phi) is 7.58. The Morgan fingerprint density at radius 2 is 2.31 bits per heavy atom. The van der Waals surface area contributed by atoms with Crippen molar-refractivity contribution in [3.8, 4) is 0 Å². The summed E-state index contributed by atoms with van der Waals surface area (Å²) < 4.78 is 5.26. The average molecular weight is 257 g/mol. The molecule has 0 spiro atoms. The molecular weight excluding hydrogens is 242 g/mol. The smallest absolute Gasteiger partial charge is 0.333 e. The lowest BCUT2D eigenvalue weighted by Gasteiger charge is -1.96. The van der Waals surface area contributed by atoms with Gasteiger partial charge in [-0.1, -0.05) is 18.8 Å². The Hall–Kier alpha value is -1.07. The van der Waals surface area contributed by atoms with Crippen molar-refractivity contribution in [3.63, 3.8) is 0 Å². The minimum atomic E-state index is -0.312. The highest BCUT2D eigenvalue weighted by molar-refractivity contribution is 7.81. The number of nitrogens with one attached hydrogen (secondary N) is 1. The van der Waals surface area contributed by atoms with Crippen LogP contribution in [0, 0.1) is 4.64 Å². The number of thiol groups is 1. The summed E-state index contributed by atoms with van der Waals surface area (Å²) in [6, 6.07) is 3.71. The summed E-state index contributed by atoms with van der Waals surface area (Å²) in [7, 11) is 0. The summed E-state index contributed by atoms with van der Waals surface area (Å²) in [5.74, 6) is -0.312. The van der Waals surface area contributed by atoms with Gasteiger partial charge in [0.25, 0.3) is 0 Å². The lowest BCUT2D eigenvalue weighted by Crippen LogP contribution is -2.03. The molecule has 88 valence electrons. The predicted molar refractivity (Wildman–Crippen MR) is 70.3 cm³/mol. The number of hydrogen-bond donors (Lipinski definition) is 2. The highest BCUT2D eigenvalue weighted by Gasteiger charge is 1.98. The third-order valence-electron chi connectivity index (χ3n) is 1.42. The molecule has 0 amide bonds. The van der Waals surface area contributed by atoms with Gasteiger partial charge in [-0.3, -0.25) is 0 Å². The molecule has 0 aromatic carbocycles. The molecule has 1 heterocycles. The number of ether oxygens (including phenoxy) is 1. The van der Waals surface area contributed by atoms with E-state index < -0.39 is 0 Å². The van der Waals surface area contributed by atoms with E-state index in [4.69, 9.17) is 12.2 Å². The summed E-state index contributed by atoms with van der Waals surface area (Å²) in [6.07, 6.45) is 1.78. The van der Waals surface area contributed by atoms with Crippen molar-refractivity contribution in [3.05, 3.63) is 35.1 Å². The first-order valence-corrected chi connectivity index (χ1v) is 5.53. The van der Waals surface area contributed by atoms with Gasteiger partial charge in [0, 0.05) is 16.7 Å². The molecule has 0 bridgehead atoms. The first-order valence-electron chi connectivity index (χ1n) is 4.68. The Morgan fingerprint density at radius 3 is 2.56 bits per heavy atom. The van der Waals surface area contributed by atoms with Crippen molar-refractivity contribution in [2.24, 2.45) is 0 Å². The topological polar surface area (TPSA) is 42.1 Å². The standard InChI is InChI=1S/C6H10O2.C5H5NS2/c1-4-8-6(7)5(2)3;7-4-2-1-3-6-5(4)8/h2,4H2,1,3H3;1-3,7H,(H,6,8). The van der Waals surface area contributed by atoms with Crippen LogP contribution in [0.5, 0.6) is 0 Å². The molecule has 16 heavy (non-hydrogen) atoms. The molecule has 0 aliphatic heterocycles. The number of rotatable bonds is 2. The fraction of sp³-hybridized carbons (Fsp3) is 0.273. The summed E-state index contributed by atoms with van der Waals surface area (Å²) >= 11 is 8.88. The van der Waals surface area contributed by atoms with Crippen molar-refractivity contribution < 1.29 is 9.53 Å². The maximum atomic E-state index is 10.4. The summed E-state index contributed by atoms with van der Waals surface area (Å²) in [6.45, 7) is 7.21. The third kappa shape index (κ3) is 6.42. The molecule has 3 nitrogen and oxygen atoms in total. The van der Waals surface area contributed by atoms with Crippen molar-refractivity contribution in [1.82, 2.24) is 4.98 Å². The van der Waals surface area contributed by atoms with Crippen LogP contribution < -0.4 is 0 Å². The van der Waals surface area contributed by atoms with Crippen molar-refractivity contribution in [2.75, 3.05) is 6.61 Å². The van der Waals surface area contributed by atoms with Crippen LogP contribution in [0.2, 0.25) is 0 Å². The third-order valence-corrected chi connectivity index (χ3v) is 2.28. The van der Waals surface area contributed by atoms with Crippen LogP contribution in [0.1, 0.15) is 13.8 Å². The molecule has 0 saturated carbocycles. The van der Waals surface area contributed by atoms with E-state index in [2.05, 4.69) is 28.9 Å². The zero-order valence-corrected chi connectivity index (χ0v) is 11.0. The maximum Gasteiger partial charge on any atom is 0.333 e. The zero-order chi connectivity index (χ0) is 12.6. The number of aromatic nitrogens is 1. The number of aromatic amines is 1. The molecular formula is C11H15NO2S2. The van der Waals surface area contributed by atoms with E-state index in [1.165, 1.54) is 0 Å². The van der Waals surface area contributed by atoms with Gasteiger partial charge in [0.15, 0.2) is 0 Å². The highest BCUT2D eigenvalue weighted by atomic mass is 32.1. The van der Waals surface area contributed by atoms with Crippen LogP contribution in [0.3, 0.4) is 0 Å². The molecule has 1 aromatic rings. The van der Waals surface area contributed by atoms with Gasteiger partial charge in [-0.2, -0.15) is 0 Å². The second-order valence-electron chi connectivity index (χ2n) is 2.89. The van der Waals surface area contributed by atoms with Crippen LogP contribution in [0.4, 0.5) is 0 Å². The average Bonchev–Trinajstić information content (AvgIpc) is 2.24. The molecule has 1 N–H and O–H groups in total. The van der Waals surface area contributed by atoms with Crippen molar-refractivity contribution in [1.29, 1.82) is 0 Å². The van der Waals surface area contributed by atoms with Gasteiger partial charge in [0.05, 0.1) is 6.61 Å².